The number of quaternary nitrogens is 1. The van der Waals surface area contributed by atoms with Gasteiger partial charge in [-0.15, -0.1) is 0 Å². The van der Waals surface area contributed by atoms with Crippen LogP contribution in [-0.4, -0.2) is 44.8 Å². The van der Waals surface area contributed by atoms with Gasteiger partial charge >= 0.3 is 0 Å². The van der Waals surface area contributed by atoms with E-state index in [4.69, 9.17) is 21.1 Å². The molecule has 0 bridgehead atoms. The Labute approximate surface area is 160 Å². The van der Waals surface area contributed by atoms with E-state index in [2.05, 4.69) is 12.2 Å². The molecule has 0 spiro atoms. The highest BCUT2D eigenvalue weighted by molar-refractivity contribution is 6.32. The number of nitrogens with one attached hydrogen (secondary N) is 2. The maximum Gasteiger partial charge on any atom is 0.244 e. The maximum absolute atomic E-state index is 12.0. The van der Waals surface area contributed by atoms with E-state index in [-0.39, 0.29) is 5.91 Å². The number of carbonyl (C=O) groups is 1. The van der Waals surface area contributed by atoms with Crippen LogP contribution in [-0.2, 0) is 4.79 Å². The molecule has 6 heteroatoms. The number of ether oxygens (including phenoxy) is 2. The van der Waals surface area contributed by atoms with Gasteiger partial charge in [0.05, 0.1) is 24.2 Å². The van der Waals surface area contributed by atoms with E-state index in [0.29, 0.717) is 36.3 Å². The quantitative estimate of drug-likeness (QED) is 0.588. The van der Waals surface area contributed by atoms with E-state index in [9.17, 15) is 4.79 Å². The average molecular weight is 380 g/mol. The fourth-order valence-corrected chi connectivity index (χ4v) is 3.88. The molecular formula is C20H28ClN2O3+. The van der Waals surface area contributed by atoms with Gasteiger partial charge in [-0.3, -0.25) is 4.79 Å². The zero-order chi connectivity index (χ0) is 18.4. The first-order valence-electron chi connectivity index (χ1n) is 9.53. The molecular weight excluding hydrogens is 352 g/mol. The van der Waals surface area contributed by atoms with Crippen molar-refractivity contribution in [3.63, 3.8) is 0 Å². The van der Waals surface area contributed by atoms with Crippen LogP contribution < -0.4 is 19.7 Å². The van der Waals surface area contributed by atoms with Gasteiger partial charge in [-0.05, 0) is 50.0 Å². The molecule has 142 valence electrons. The largest absolute Gasteiger partial charge is 0.486 e. The summed E-state index contributed by atoms with van der Waals surface area (Å²) in [5, 5.41) is 3.46. The Morgan fingerprint density at radius 3 is 3.04 bits per heavy atom. The molecule has 2 atom stereocenters. The molecule has 1 unspecified atom stereocenters. The molecule has 3 rings (SSSR count). The summed E-state index contributed by atoms with van der Waals surface area (Å²) < 4.78 is 11.0. The predicted molar refractivity (Wildman–Crippen MR) is 103 cm³/mol. The van der Waals surface area contributed by atoms with Crippen molar-refractivity contribution in [3.05, 3.63) is 28.8 Å². The lowest BCUT2D eigenvalue weighted by molar-refractivity contribution is -0.928. The van der Waals surface area contributed by atoms with Gasteiger partial charge in [0.15, 0.2) is 11.5 Å². The normalized spacial score (nSPS) is 22.4. The van der Waals surface area contributed by atoms with Crippen molar-refractivity contribution in [2.24, 2.45) is 0 Å². The van der Waals surface area contributed by atoms with Crippen molar-refractivity contribution < 1.29 is 19.2 Å². The first-order valence-corrected chi connectivity index (χ1v) is 9.91. The third kappa shape index (κ3) is 5.15. The average Bonchev–Trinajstić information content (AvgIpc) is 2.65. The van der Waals surface area contributed by atoms with E-state index in [0.717, 1.165) is 24.6 Å². The molecule has 26 heavy (non-hydrogen) atoms. The minimum absolute atomic E-state index is 0.0855. The number of hydrogen-bond acceptors (Lipinski definition) is 3. The minimum atomic E-state index is -0.0855. The molecule has 5 nitrogen and oxygen atoms in total. The molecule has 2 heterocycles. The van der Waals surface area contributed by atoms with Crippen molar-refractivity contribution in [2.45, 2.75) is 38.6 Å². The van der Waals surface area contributed by atoms with Gasteiger partial charge in [0.2, 0.25) is 5.91 Å². The molecule has 1 amide bonds. The van der Waals surface area contributed by atoms with Crippen LogP contribution in [0.4, 0.5) is 0 Å². The summed E-state index contributed by atoms with van der Waals surface area (Å²) in [6, 6.07) is 4.37. The Morgan fingerprint density at radius 2 is 2.19 bits per heavy atom. The first kappa shape index (κ1) is 19.1. The second kappa shape index (κ2) is 9.28. The first-order chi connectivity index (χ1) is 12.6. The molecule has 1 aromatic carbocycles. The topological polar surface area (TPSA) is 52.0 Å². The van der Waals surface area contributed by atoms with Gasteiger partial charge in [-0.2, -0.15) is 0 Å². The highest BCUT2D eigenvalue weighted by Crippen LogP contribution is 2.38. The molecule has 0 saturated carbocycles. The molecule has 1 saturated heterocycles. The van der Waals surface area contributed by atoms with Gasteiger partial charge in [-0.25, -0.2) is 0 Å². The summed E-state index contributed by atoms with van der Waals surface area (Å²) in [6.45, 7) is 6.44. The lowest BCUT2D eigenvalue weighted by atomic mass is 10.0. The van der Waals surface area contributed by atoms with E-state index in [1.807, 2.05) is 6.07 Å². The molecule has 1 fully saturated rings. The number of likely N-dealkylation sites (tertiary alicyclic amines) is 1. The zero-order valence-corrected chi connectivity index (χ0v) is 16.1. The molecule has 0 aliphatic carbocycles. The Morgan fingerprint density at radius 1 is 1.35 bits per heavy atom. The van der Waals surface area contributed by atoms with Crippen molar-refractivity contribution >= 4 is 23.6 Å². The van der Waals surface area contributed by atoms with Crippen molar-refractivity contribution in [3.8, 4) is 11.5 Å². The summed E-state index contributed by atoms with van der Waals surface area (Å²) >= 11 is 6.21. The molecule has 0 radical (unpaired) electrons. The second-order valence-electron chi connectivity index (χ2n) is 7.06. The second-order valence-corrected chi connectivity index (χ2v) is 7.47. The molecule has 2 aliphatic heterocycles. The van der Waals surface area contributed by atoms with Gasteiger partial charge in [0.25, 0.3) is 0 Å². The maximum atomic E-state index is 12.0. The Hall–Kier alpha value is -1.72. The number of fused-ring (bicyclic) bond motifs is 1. The van der Waals surface area contributed by atoms with Crippen LogP contribution in [0.25, 0.3) is 6.08 Å². The summed E-state index contributed by atoms with van der Waals surface area (Å²) in [4.78, 5) is 13.7. The third-order valence-electron chi connectivity index (χ3n) is 5.10. The van der Waals surface area contributed by atoms with Crippen LogP contribution in [0.3, 0.4) is 0 Å². The lowest BCUT2D eigenvalue weighted by Crippen LogP contribution is -3.16. The van der Waals surface area contributed by atoms with Crippen molar-refractivity contribution in [1.29, 1.82) is 0 Å². The molecule has 2 aliphatic rings. The summed E-state index contributed by atoms with van der Waals surface area (Å²) in [5.41, 5.74) is 0.820. The third-order valence-corrected chi connectivity index (χ3v) is 5.38. The van der Waals surface area contributed by atoms with E-state index < -0.39 is 0 Å². The van der Waals surface area contributed by atoms with Crippen molar-refractivity contribution in [1.82, 2.24) is 5.32 Å². The van der Waals surface area contributed by atoms with Gasteiger partial charge in [0, 0.05) is 19.0 Å². The fraction of sp³-hybridized carbons (Fsp3) is 0.550. The Kier molecular flexibility index (Phi) is 6.80. The minimum Gasteiger partial charge on any atom is -0.486 e. The van der Waals surface area contributed by atoms with E-state index in [1.165, 1.54) is 31.9 Å². The number of rotatable bonds is 6. The van der Waals surface area contributed by atoms with Gasteiger partial charge < -0.3 is 19.7 Å². The lowest BCUT2D eigenvalue weighted by Gasteiger charge is -2.30. The monoisotopic (exact) mass is 379 g/mol. The predicted octanol–water partition coefficient (Wildman–Crippen LogP) is 2.09. The standard InChI is InChI=1S/C20H27ClN2O3/c1-15-5-2-3-9-23(15)10-4-8-22-19(24)7-6-16-13-17(21)20-18(14-16)25-11-12-26-20/h6-7,13-15H,2-5,8-12H2,1H3,(H,22,24)/p+1/b7-6+/t15-/m1/s1. The van der Waals surface area contributed by atoms with Crippen LogP contribution in [0.1, 0.15) is 38.2 Å². The highest BCUT2D eigenvalue weighted by Gasteiger charge is 2.20. The molecule has 2 N–H and O–H groups in total. The number of amides is 1. The smallest absolute Gasteiger partial charge is 0.244 e. The SMILES string of the molecule is C[C@@H]1CCCC[NH+]1CCCNC(=O)/C=C/c1cc(Cl)c2c(c1)OCCO2. The molecule has 1 aromatic rings. The number of benzene rings is 1. The number of hydrogen-bond donors (Lipinski definition) is 2. The van der Waals surface area contributed by atoms with Crippen LogP contribution >= 0.6 is 11.6 Å². The number of piperidine rings is 1. The fourth-order valence-electron chi connectivity index (χ4n) is 3.61. The number of halogens is 1. The van der Waals surface area contributed by atoms with Crippen LogP contribution in [0, 0.1) is 0 Å². The summed E-state index contributed by atoms with van der Waals surface area (Å²) in [5.74, 6) is 1.12. The highest BCUT2D eigenvalue weighted by atomic mass is 35.5. The van der Waals surface area contributed by atoms with Crippen LogP contribution in [0.15, 0.2) is 18.2 Å². The zero-order valence-electron chi connectivity index (χ0n) is 15.4. The Bertz CT molecular complexity index is 663. The molecule has 0 aromatic heterocycles. The van der Waals surface area contributed by atoms with Gasteiger partial charge in [0.1, 0.15) is 13.2 Å². The summed E-state index contributed by atoms with van der Waals surface area (Å²) in [6.07, 6.45) is 8.30. The van der Waals surface area contributed by atoms with E-state index in [1.54, 1.807) is 17.0 Å². The van der Waals surface area contributed by atoms with Crippen molar-refractivity contribution in [2.75, 3.05) is 32.8 Å². The number of carbonyl (C=O) groups excluding carboxylic acids is 1. The van der Waals surface area contributed by atoms with Gasteiger partial charge in [-0.1, -0.05) is 11.6 Å². The van der Waals surface area contributed by atoms with E-state index >= 15 is 0 Å². The van der Waals surface area contributed by atoms with Crippen LogP contribution in [0.5, 0.6) is 11.5 Å². The Balaban J connectivity index is 1.44. The van der Waals surface area contributed by atoms with Crippen LogP contribution in [0.2, 0.25) is 5.02 Å². The summed E-state index contributed by atoms with van der Waals surface area (Å²) in [7, 11) is 0.